The van der Waals surface area contributed by atoms with E-state index in [9.17, 15) is 4.79 Å². The zero-order valence-electron chi connectivity index (χ0n) is 10.2. The van der Waals surface area contributed by atoms with Crippen molar-refractivity contribution in [2.45, 2.75) is 12.3 Å². The fourth-order valence-electron chi connectivity index (χ4n) is 2.13. The van der Waals surface area contributed by atoms with Crippen LogP contribution in [-0.4, -0.2) is 44.3 Å². The van der Waals surface area contributed by atoms with Crippen molar-refractivity contribution in [1.82, 2.24) is 4.90 Å². The van der Waals surface area contributed by atoms with Crippen LogP contribution in [0.2, 0.25) is 5.02 Å². The van der Waals surface area contributed by atoms with Crippen molar-refractivity contribution in [1.29, 1.82) is 0 Å². The van der Waals surface area contributed by atoms with Gasteiger partial charge < -0.3 is 9.47 Å². The van der Waals surface area contributed by atoms with Crippen molar-refractivity contribution in [2.24, 2.45) is 0 Å². The number of carbonyl (C=O) groups excluding carboxylic acids is 1. The van der Waals surface area contributed by atoms with Gasteiger partial charge in [0, 0.05) is 18.7 Å². The van der Waals surface area contributed by atoms with Gasteiger partial charge in [-0.15, -0.1) is 0 Å². The highest BCUT2D eigenvalue weighted by Gasteiger charge is 2.34. The Morgan fingerprint density at radius 1 is 1.50 bits per heavy atom. The second-order valence-electron chi connectivity index (χ2n) is 4.16. The van der Waals surface area contributed by atoms with E-state index in [1.165, 1.54) is 0 Å². The molecule has 0 bridgehead atoms. The van der Waals surface area contributed by atoms with Crippen molar-refractivity contribution in [3.63, 3.8) is 0 Å². The van der Waals surface area contributed by atoms with E-state index in [2.05, 4.69) is 0 Å². The van der Waals surface area contributed by atoms with Gasteiger partial charge in [0.25, 0.3) is 0 Å². The average molecular weight is 270 g/mol. The van der Waals surface area contributed by atoms with E-state index >= 15 is 0 Å². The van der Waals surface area contributed by atoms with Crippen molar-refractivity contribution >= 4 is 17.9 Å². The van der Waals surface area contributed by atoms with E-state index in [-0.39, 0.29) is 6.04 Å². The maximum Gasteiger partial charge on any atom is 0.167 e. The van der Waals surface area contributed by atoms with E-state index in [4.69, 9.17) is 21.1 Å². The predicted molar refractivity (Wildman–Crippen MR) is 68.6 cm³/mol. The SMILES string of the molecule is COCCN1C(C=O)OCC1c1ccc(Cl)cc1. The number of rotatable bonds is 5. The summed E-state index contributed by atoms with van der Waals surface area (Å²) >= 11 is 5.87. The van der Waals surface area contributed by atoms with Crippen molar-refractivity contribution < 1.29 is 14.3 Å². The summed E-state index contributed by atoms with van der Waals surface area (Å²) in [7, 11) is 1.64. The molecule has 1 aliphatic heterocycles. The Hall–Kier alpha value is -0.940. The second kappa shape index (κ2) is 6.29. The van der Waals surface area contributed by atoms with Gasteiger partial charge in [0.05, 0.1) is 19.3 Å². The summed E-state index contributed by atoms with van der Waals surface area (Å²) in [6, 6.07) is 7.69. The van der Waals surface area contributed by atoms with Gasteiger partial charge in [-0.05, 0) is 17.7 Å². The molecular formula is C13H16ClNO3. The smallest absolute Gasteiger partial charge is 0.167 e. The zero-order chi connectivity index (χ0) is 13.0. The topological polar surface area (TPSA) is 38.8 Å². The molecule has 1 aromatic carbocycles. The Bertz CT molecular complexity index is 396. The highest BCUT2D eigenvalue weighted by molar-refractivity contribution is 6.30. The molecule has 0 aromatic heterocycles. The lowest BCUT2D eigenvalue weighted by molar-refractivity contribution is -0.122. The average Bonchev–Trinajstić information content (AvgIpc) is 2.80. The van der Waals surface area contributed by atoms with Gasteiger partial charge in [0.1, 0.15) is 0 Å². The van der Waals surface area contributed by atoms with Gasteiger partial charge >= 0.3 is 0 Å². The van der Waals surface area contributed by atoms with Crippen LogP contribution in [0.4, 0.5) is 0 Å². The Morgan fingerprint density at radius 2 is 2.22 bits per heavy atom. The lowest BCUT2D eigenvalue weighted by Gasteiger charge is -2.25. The van der Waals surface area contributed by atoms with E-state index in [0.717, 1.165) is 11.8 Å². The minimum absolute atomic E-state index is 0.0765. The van der Waals surface area contributed by atoms with Crippen LogP contribution in [0.25, 0.3) is 0 Å². The van der Waals surface area contributed by atoms with Crippen LogP contribution in [0.3, 0.4) is 0 Å². The van der Waals surface area contributed by atoms with Crippen LogP contribution in [0.1, 0.15) is 11.6 Å². The van der Waals surface area contributed by atoms with Crippen molar-refractivity contribution in [2.75, 3.05) is 26.9 Å². The van der Waals surface area contributed by atoms with Crippen LogP contribution < -0.4 is 0 Å². The Morgan fingerprint density at radius 3 is 2.83 bits per heavy atom. The van der Waals surface area contributed by atoms with Gasteiger partial charge in [-0.2, -0.15) is 0 Å². The number of benzene rings is 1. The van der Waals surface area contributed by atoms with Crippen LogP contribution in [-0.2, 0) is 14.3 Å². The summed E-state index contributed by atoms with van der Waals surface area (Å²) in [4.78, 5) is 13.0. The Balaban J connectivity index is 2.14. The predicted octanol–water partition coefficient (Wildman–Crippen LogP) is 1.88. The van der Waals surface area contributed by atoms with E-state index < -0.39 is 6.23 Å². The first-order chi connectivity index (χ1) is 8.76. The van der Waals surface area contributed by atoms with E-state index in [1.807, 2.05) is 29.2 Å². The molecule has 0 radical (unpaired) electrons. The van der Waals surface area contributed by atoms with Crippen molar-refractivity contribution in [3.8, 4) is 0 Å². The molecule has 0 aliphatic carbocycles. The summed E-state index contributed by atoms with van der Waals surface area (Å²) in [5.74, 6) is 0. The lowest BCUT2D eigenvalue weighted by atomic mass is 10.1. The Labute approximate surface area is 111 Å². The second-order valence-corrected chi connectivity index (χ2v) is 4.59. The number of methoxy groups -OCH3 is 1. The molecule has 4 nitrogen and oxygen atoms in total. The normalized spacial score (nSPS) is 24.3. The van der Waals surface area contributed by atoms with Gasteiger partial charge in [-0.1, -0.05) is 23.7 Å². The van der Waals surface area contributed by atoms with Gasteiger partial charge in [-0.3, -0.25) is 9.69 Å². The molecule has 1 fully saturated rings. The van der Waals surface area contributed by atoms with E-state index in [1.54, 1.807) is 7.11 Å². The molecule has 1 saturated heterocycles. The first kappa shape index (κ1) is 13.5. The molecule has 0 saturated carbocycles. The van der Waals surface area contributed by atoms with Crippen LogP contribution in [0, 0.1) is 0 Å². The standard InChI is InChI=1S/C13H16ClNO3/c1-17-7-6-15-12(9-18-13(15)8-16)10-2-4-11(14)5-3-10/h2-5,8,12-13H,6-7,9H2,1H3. The highest BCUT2D eigenvalue weighted by Crippen LogP contribution is 2.29. The molecule has 5 heteroatoms. The largest absolute Gasteiger partial charge is 0.383 e. The molecule has 2 rings (SSSR count). The molecule has 98 valence electrons. The number of halogens is 1. The maximum atomic E-state index is 11.0. The molecule has 0 amide bonds. The van der Waals surface area contributed by atoms with Gasteiger partial charge in [0.15, 0.2) is 12.5 Å². The molecule has 18 heavy (non-hydrogen) atoms. The van der Waals surface area contributed by atoms with Crippen LogP contribution in [0.5, 0.6) is 0 Å². The summed E-state index contributed by atoms with van der Waals surface area (Å²) in [5, 5.41) is 0.702. The first-order valence-electron chi connectivity index (χ1n) is 5.83. The molecule has 2 unspecified atom stereocenters. The number of nitrogens with zero attached hydrogens (tertiary/aromatic N) is 1. The van der Waals surface area contributed by atoms with E-state index in [0.29, 0.717) is 24.8 Å². The van der Waals surface area contributed by atoms with Gasteiger partial charge in [-0.25, -0.2) is 0 Å². The number of aldehydes is 1. The molecule has 0 spiro atoms. The summed E-state index contributed by atoms with van der Waals surface area (Å²) in [6.45, 7) is 1.74. The highest BCUT2D eigenvalue weighted by atomic mass is 35.5. The maximum absolute atomic E-state index is 11.0. The zero-order valence-corrected chi connectivity index (χ0v) is 11.0. The first-order valence-corrected chi connectivity index (χ1v) is 6.21. The molecule has 0 N–H and O–H groups in total. The number of hydrogen-bond donors (Lipinski definition) is 0. The molecular weight excluding hydrogens is 254 g/mol. The third-order valence-corrected chi connectivity index (χ3v) is 3.33. The number of hydrogen-bond acceptors (Lipinski definition) is 4. The minimum atomic E-state index is -0.485. The quantitative estimate of drug-likeness (QED) is 0.765. The summed E-state index contributed by atoms with van der Waals surface area (Å²) in [6.07, 6.45) is 0.340. The lowest BCUT2D eigenvalue weighted by Crippen LogP contribution is -2.36. The molecule has 1 heterocycles. The fraction of sp³-hybridized carbons (Fsp3) is 0.462. The molecule has 1 aromatic rings. The third-order valence-electron chi connectivity index (χ3n) is 3.08. The summed E-state index contributed by atoms with van der Waals surface area (Å²) < 4.78 is 10.5. The molecule has 1 aliphatic rings. The molecule has 2 atom stereocenters. The van der Waals surface area contributed by atoms with Crippen molar-refractivity contribution in [3.05, 3.63) is 34.9 Å². The minimum Gasteiger partial charge on any atom is -0.383 e. The fourth-order valence-corrected chi connectivity index (χ4v) is 2.25. The third kappa shape index (κ3) is 2.90. The number of carbonyl (C=O) groups is 1. The monoisotopic (exact) mass is 269 g/mol. The van der Waals surface area contributed by atoms with Crippen LogP contribution in [0.15, 0.2) is 24.3 Å². The summed E-state index contributed by atoms with van der Waals surface area (Å²) in [5.41, 5.74) is 1.10. The number of ether oxygens (including phenoxy) is 2. The van der Waals surface area contributed by atoms with Gasteiger partial charge in [0.2, 0.25) is 0 Å². The van der Waals surface area contributed by atoms with Crippen LogP contribution >= 0.6 is 11.6 Å². The Kier molecular flexibility index (Phi) is 4.72.